The summed E-state index contributed by atoms with van der Waals surface area (Å²) in [7, 11) is -49.5. The van der Waals surface area contributed by atoms with Crippen molar-refractivity contribution in [3.05, 3.63) is 147 Å². The summed E-state index contributed by atoms with van der Waals surface area (Å²) in [5, 5.41) is -0.191. The SMILES string of the molecule is CC1=CCCCOS1(=O)=O.CC1=CS(=O)(=O)OCCC1.CC1C=CS(=O)(=O)OCC1.CC1CC=CS(=O)(=O)OC1.CC1CCC=CS(=O)(=O)O1.O=S1(=O)C=C(F)CCO1.O=S1(=O)C=CC(F)CO1.O=S1(=O)C=CCC(F)O1.O=S1(=O)C=CCCCO1.O=S1(=O)OC(F)(F)C(F)(F)C(F)=C1F.O=S1(=O)OCC(F)(F)C(F)=C1F.O=S1(=O)OCCC=C1F.O=S1(=O)OCCCC=C1F. The van der Waals surface area contributed by atoms with Gasteiger partial charge in [0.2, 0.25) is 28.3 Å². The van der Waals surface area contributed by atoms with Crippen molar-refractivity contribution in [3.63, 3.8) is 0 Å². The lowest BCUT2D eigenvalue weighted by atomic mass is 10.1. The molecule has 0 amide bonds. The van der Waals surface area contributed by atoms with Crippen LogP contribution < -0.4 is 0 Å². The van der Waals surface area contributed by atoms with Gasteiger partial charge in [-0.25, -0.2) is 26.1 Å². The molecule has 0 bridgehead atoms. The Labute approximate surface area is 748 Å². The van der Waals surface area contributed by atoms with E-state index in [2.05, 4.69) is 54.4 Å². The van der Waals surface area contributed by atoms with Gasteiger partial charge >= 0.3 is 58.4 Å². The molecule has 0 saturated heterocycles. The molecule has 760 valence electrons. The fourth-order valence-electron chi connectivity index (χ4n) is 8.15. The van der Waals surface area contributed by atoms with Crippen LogP contribution in [0.4, 0.5) is 65.9 Å². The van der Waals surface area contributed by atoms with Crippen molar-refractivity contribution in [2.75, 3.05) is 66.1 Å². The van der Waals surface area contributed by atoms with Crippen molar-refractivity contribution in [1.82, 2.24) is 0 Å². The minimum Gasteiger partial charge on any atom is -0.267 e. The highest BCUT2D eigenvalue weighted by molar-refractivity contribution is 7.93. The van der Waals surface area contributed by atoms with Crippen LogP contribution in [0.1, 0.15) is 131 Å². The Kier molecular flexibility index (Phi) is 50.8. The Morgan fingerprint density at radius 2 is 0.809 bits per heavy atom. The number of hydrogen-bond donors (Lipinski definition) is 0. The third kappa shape index (κ3) is 50.9. The van der Waals surface area contributed by atoms with E-state index in [-0.39, 0.29) is 38.8 Å². The average Bonchev–Trinajstić information content (AvgIpc) is 1.02. The summed E-state index contributed by atoms with van der Waals surface area (Å²) in [6, 6.07) is 0. The number of rotatable bonds is 0. The van der Waals surface area contributed by atoms with Crippen LogP contribution in [0.3, 0.4) is 0 Å². The van der Waals surface area contributed by atoms with Crippen LogP contribution in [-0.4, -0.2) is 212 Å². The van der Waals surface area contributed by atoms with Crippen molar-refractivity contribution >= 4 is 132 Å². The van der Waals surface area contributed by atoms with E-state index < -0.39 is 213 Å². The van der Waals surface area contributed by atoms with E-state index >= 15 is 0 Å². The van der Waals surface area contributed by atoms with Crippen LogP contribution in [0.5, 0.6) is 0 Å². The van der Waals surface area contributed by atoms with Crippen LogP contribution in [0.25, 0.3) is 0 Å². The molecule has 0 aromatic carbocycles. The largest absolute Gasteiger partial charge is 0.440 e. The molecule has 0 aliphatic carbocycles. The molecule has 13 aliphatic heterocycles. The lowest BCUT2D eigenvalue weighted by molar-refractivity contribution is -0.300. The van der Waals surface area contributed by atoms with Crippen LogP contribution in [-0.2, 0) is 186 Å². The summed E-state index contributed by atoms with van der Waals surface area (Å²) in [4.78, 5) is 0.338. The van der Waals surface area contributed by atoms with E-state index in [1.54, 1.807) is 51.2 Å². The maximum Gasteiger partial charge on any atom is 0.440 e. The van der Waals surface area contributed by atoms with Gasteiger partial charge in [-0.1, -0.05) is 55.9 Å². The number of alkyl halides is 8. The van der Waals surface area contributed by atoms with Gasteiger partial charge in [0.05, 0.1) is 107 Å². The molecule has 0 spiro atoms. The third-order valence-corrected chi connectivity index (χ3v) is 28.7. The second-order valence-corrected chi connectivity index (χ2v) is 45.9. The van der Waals surface area contributed by atoms with E-state index in [4.69, 9.17) is 0 Å². The predicted octanol–water partition coefficient (Wildman–Crippen LogP) is 11.1. The van der Waals surface area contributed by atoms with Crippen molar-refractivity contribution in [1.29, 1.82) is 0 Å². The van der Waals surface area contributed by atoms with Gasteiger partial charge in [0, 0.05) is 12.8 Å². The van der Waals surface area contributed by atoms with E-state index in [0.717, 1.165) is 120 Å². The Balaban J connectivity index is 0.000000711. The second-order valence-electron chi connectivity index (χ2n) is 26.3. The minimum atomic E-state index is -5.78. The predicted molar refractivity (Wildman–Crippen MR) is 429 cm³/mol. The van der Waals surface area contributed by atoms with Gasteiger partial charge in [0.25, 0.3) is 101 Å². The zero-order chi connectivity index (χ0) is 101. The maximum absolute atomic E-state index is 12.4. The quantitative estimate of drug-likeness (QED) is 0.161. The molecule has 13 rings (SSSR count). The first kappa shape index (κ1) is 123. The summed E-state index contributed by atoms with van der Waals surface area (Å²) >= 11 is 0. The molecule has 39 nitrogen and oxygen atoms in total. The van der Waals surface area contributed by atoms with Gasteiger partial charge in [0.1, 0.15) is 25.2 Å². The van der Waals surface area contributed by atoms with Crippen molar-refractivity contribution in [2.24, 2.45) is 11.8 Å². The monoisotopic (exact) mass is 2180 g/mol. The normalized spacial score (nSPS) is 28.2. The van der Waals surface area contributed by atoms with E-state index in [9.17, 15) is 175 Å². The lowest BCUT2D eigenvalue weighted by Gasteiger charge is -2.27. The standard InChI is InChI=1S/5C6H10O3S.C5H7FO3S.C5H8O3S.C4F6O3S.C4H2F4O3S.4C4H5FO3S/c1-6-2-4-9-10(7,8)5-3-6;1-6-3-2-4-10(7,8)9-5-6;1-6-3-2-4-9-10(7,8)5-6;1-6-4-2-3-5-10(7,8)9-6;1-6-4-2-3-5-9-10(6,7)8;6-5-3-1-2-4-9-10(5,7)8;6-9(7)5-3-1-2-4-8-9;5-1-2(6)14(11,12)13-4(9,10)3(1,7)8;5-2-3(6)12(9,10)11-1-4(2,7)8;5-4-1-2-9(6,7)8-3-4;5-4-1-2-8-9(6,7)3-4;5-4-2-1-3-9(6,7)8-4;5-4-2-1-3-8-9(4,6)7/h3,5-6H,2,4H2,1H3;2,4,6H,3,5H2,1H3;5H,2-4H2,1H3;3,5-6H,2,4H2,1H3;4H,2-3,5H2,1H3;3H,1-2,4H2;3,5H,1-2,4H2;;1H2;1-2,4H,3H2;3H,1-2H2;1,3-4H,2H2;2H,1,3H2. The molecular weight excluding hydrogens is 2090 g/mol. The molecule has 131 heavy (non-hydrogen) atoms. The molecule has 5 unspecified atom stereocenters. The van der Waals surface area contributed by atoms with Crippen LogP contribution >= 0.6 is 0 Å². The molecule has 0 aromatic rings. The average molecular weight is 2180 g/mol. The van der Waals surface area contributed by atoms with Crippen molar-refractivity contribution in [3.8, 4) is 0 Å². The highest BCUT2D eigenvalue weighted by Crippen LogP contribution is 2.49. The van der Waals surface area contributed by atoms with Gasteiger partial charge < -0.3 is 0 Å². The van der Waals surface area contributed by atoms with Gasteiger partial charge in [0.15, 0.2) is 0 Å². The molecule has 0 saturated carbocycles. The zero-order valence-electron chi connectivity index (χ0n) is 68.3. The summed E-state index contributed by atoms with van der Waals surface area (Å²) in [6.07, 6.45) is 12.9. The van der Waals surface area contributed by atoms with Crippen molar-refractivity contribution < 1.29 is 230 Å². The number of hydrogen-bond acceptors (Lipinski definition) is 39. The summed E-state index contributed by atoms with van der Waals surface area (Å²) in [6.45, 7) is 8.52. The molecule has 67 heteroatoms. The molecule has 13 heterocycles. The first-order chi connectivity index (χ1) is 59.6. The second kappa shape index (κ2) is 53.9. The molecule has 0 fully saturated rings. The Morgan fingerprint density at radius 3 is 1.34 bits per heavy atom. The number of halogens is 15. The van der Waals surface area contributed by atoms with Crippen molar-refractivity contribution in [2.45, 2.75) is 168 Å². The van der Waals surface area contributed by atoms with E-state index in [0.29, 0.717) is 74.4 Å². The summed E-state index contributed by atoms with van der Waals surface area (Å²) < 4.78 is 509. The van der Waals surface area contributed by atoms with Gasteiger partial charge in [-0.3, -0.25) is 46.0 Å². The lowest BCUT2D eigenvalue weighted by Crippen LogP contribution is -2.48. The molecule has 13 aliphatic rings. The summed E-state index contributed by atoms with van der Waals surface area (Å²) in [5.74, 6) is -15.8. The Hall–Kier alpha value is -5.60. The van der Waals surface area contributed by atoms with Gasteiger partial charge in [-0.05, 0) is 134 Å². The summed E-state index contributed by atoms with van der Waals surface area (Å²) in [5.41, 5.74) is 0.873. The van der Waals surface area contributed by atoms with Gasteiger partial charge in [-0.2, -0.15) is 158 Å². The van der Waals surface area contributed by atoms with Crippen LogP contribution in [0, 0.1) is 11.8 Å². The maximum atomic E-state index is 12.4. The molecule has 0 N–H and O–H groups in total. The Bertz CT molecular complexity index is 5810. The third-order valence-electron chi connectivity index (χ3n) is 14.7. The fourth-order valence-corrected chi connectivity index (χ4v) is 19.0. The molecule has 0 radical (unpaired) electrons. The van der Waals surface area contributed by atoms with Crippen LogP contribution in [0.15, 0.2) is 147 Å². The minimum absolute atomic E-state index is 0.0131. The Morgan fingerprint density at radius 1 is 0.366 bits per heavy atom. The topological polar surface area (TPSA) is 564 Å². The smallest absolute Gasteiger partial charge is 0.267 e. The fraction of sp³-hybridized carbons (Fsp3) is 0.594. The molecule has 5 atom stereocenters. The number of allylic oxidation sites excluding steroid dienone is 8. The van der Waals surface area contributed by atoms with Crippen LogP contribution in [0.2, 0.25) is 0 Å². The highest BCUT2D eigenvalue weighted by Gasteiger charge is 2.69. The molecule has 0 aromatic heterocycles. The van der Waals surface area contributed by atoms with E-state index in [1.165, 1.54) is 11.5 Å². The highest BCUT2D eigenvalue weighted by atomic mass is 32.3. The van der Waals surface area contributed by atoms with Gasteiger partial charge in [-0.15, -0.1) is 0 Å². The first-order valence-electron chi connectivity index (χ1n) is 36.3. The molecular formula is C64H87F15O39S13. The van der Waals surface area contributed by atoms with E-state index in [1.807, 2.05) is 13.8 Å². The first-order valence-corrected chi connectivity index (χ1v) is 55.1. The zero-order valence-corrected chi connectivity index (χ0v) is 78.9.